The van der Waals surface area contributed by atoms with E-state index in [1.807, 2.05) is 0 Å². The van der Waals surface area contributed by atoms with Crippen LogP contribution in [0.5, 0.6) is 0 Å². The zero-order valence-electron chi connectivity index (χ0n) is 13.8. The molecule has 0 saturated carbocycles. The molecule has 0 N–H and O–H groups in total. The Bertz CT molecular complexity index is 736. The van der Waals surface area contributed by atoms with E-state index in [-0.39, 0.29) is 18.2 Å². The topological polar surface area (TPSA) is 55.8 Å². The molecule has 7 heteroatoms. The zero-order chi connectivity index (χ0) is 17.8. The number of morpholine rings is 1. The van der Waals surface area contributed by atoms with E-state index in [2.05, 4.69) is 4.90 Å². The maximum atomic E-state index is 13.3. The molecule has 1 aromatic rings. The first kappa shape index (κ1) is 17.7. The van der Waals surface area contributed by atoms with Crippen LogP contribution in [0.15, 0.2) is 40.3 Å². The van der Waals surface area contributed by atoms with Gasteiger partial charge >= 0.3 is 5.97 Å². The van der Waals surface area contributed by atoms with Crippen molar-refractivity contribution in [1.29, 1.82) is 0 Å². The number of rotatable bonds is 4. The highest BCUT2D eigenvalue weighted by molar-refractivity contribution is 8.08. The normalized spacial score (nSPS) is 19.7. The van der Waals surface area contributed by atoms with E-state index in [0.717, 1.165) is 5.03 Å². The van der Waals surface area contributed by atoms with Crippen molar-refractivity contribution in [3.8, 4) is 0 Å². The second-order valence-corrected chi connectivity index (χ2v) is 6.51. The van der Waals surface area contributed by atoms with Gasteiger partial charge in [0.25, 0.3) is 0 Å². The van der Waals surface area contributed by atoms with Crippen LogP contribution in [0.4, 0.5) is 4.39 Å². The third-order valence-corrected chi connectivity index (χ3v) is 5.02. The van der Waals surface area contributed by atoms with E-state index >= 15 is 0 Å². The molecule has 2 heterocycles. The highest BCUT2D eigenvalue weighted by Gasteiger charge is 2.34. The number of ketones is 1. The number of benzene rings is 1. The summed E-state index contributed by atoms with van der Waals surface area (Å²) in [5.74, 6) is -1.15. The first-order valence-corrected chi connectivity index (χ1v) is 8.85. The molecule has 0 atom stereocenters. The number of ether oxygens (including phenoxy) is 2. The van der Waals surface area contributed by atoms with Crippen molar-refractivity contribution in [2.45, 2.75) is 6.92 Å². The molecule has 25 heavy (non-hydrogen) atoms. The Kier molecular flexibility index (Phi) is 5.55. The van der Waals surface area contributed by atoms with Crippen LogP contribution in [-0.2, 0) is 19.1 Å². The molecule has 0 aromatic heterocycles. The van der Waals surface area contributed by atoms with Crippen LogP contribution in [0.3, 0.4) is 0 Å². The molecule has 1 fully saturated rings. The monoisotopic (exact) mass is 363 g/mol. The Morgan fingerprint density at radius 2 is 2.00 bits per heavy atom. The Morgan fingerprint density at radius 3 is 2.64 bits per heavy atom. The highest BCUT2D eigenvalue weighted by Crippen LogP contribution is 2.44. The molecule has 2 aliphatic heterocycles. The molecular formula is C18H18FNO4S. The number of allylic oxidation sites excluding steroid dienone is 2. The molecule has 0 unspecified atom stereocenters. The van der Waals surface area contributed by atoms with Gasteiger partial charge in [0, 0.05) is 19.2 Å². The van der Waals surface area contributed by atoms with Crippen molar-refractivity contribution >= 4 is 29.1 Å². The standard InChI is InChI=1S/C18H18FNO4S/c1-2-24-15(21)11-14-17(22)16(12-3-5-13(19)6-4-12)18(25-14)20-7-9-23-10-8-20/h3-6,11H,2,7-10H2,1H3. The molecule has 0 aliphatic carbocycles. The Balaban J connectivity index is 1.98. The van der Waals surface area contributed by atoms with Crippen LogP contribution in [-0.4, -0.2) is 49.6 Å². The number of carbonyl (C=O) groups is 2. The van der Waals surface area contributed by atoms with Crippen LogP contribution in [0.25, 0.3) is 5.57 Å². The van der Waals surface area contributed by atoms with Gasteiger partial charge in [-0.2, -0.15) is 0 Å². The molecule has 1 aromatic carbocycles. The number of Topliss-reactive ketones (excluding diaryl/α,β-unsaturated/α-hetero) is 1. The van der Waals surface area contributed by atoms with Crippen LogP contribution in [0.2, 0.25) is 0 Å². The second-order valence-electron chi connectivity index (χ2n) is 5.48. The van der Waals surface area contributed by atoms with Crippen molar-refractivity contribution in [2.24, 2.45) is 0 Å². The van der Waals surface area contributed by atoms with E-state index in [1.165, 1.54) is 30.0 Å². The third kappa shape index (κ3) is 3.93. The fourth-order valence-electron chi connectivity index (χ4n) is 2.67. The lowest BCUT2D eigenvalue weighted by Gasteiger charge is -2.29. The number of hydrogen-bond donors (Lipinski definition) is 0. The van der Waals surface area contributed by atoms with Gasteiger partial charge in [-0.25, -0.2) is 9.18 Å². The minimum absolute atomic E-state index is 0.244. The number of carbonyl (C=O) groups excluding carboxylic acids is 2. The summed E-state index contributed by atoms with van der Waals surface area (Å²) in [6, 6.07) is 5.81. The summed E-state index contributed by atoms with van der Waals surface area (Å²) in [6.07, 6.45) is 1.23. The molecule has 1 saturated heterocycles. The maximum Gasteiger partial charge on any atom is 0.332 e. The van der Waals surface area contributed by atoms with Gasteiger partial charge in [0.15, 0.2) is 0 Å². The lowest BCUT2D eigenvalue weighted by molar-refractivity contribution is -0.137. The fourth-order valence-corrected chi connectivity index (χ4v) is 3.85. The Morgan fingerprint density at radius 1 is 1.32 bits per heavy atom. The first-order valence-electron chi connectivity index (χ1n) is 8.04. The molecule has 2 aliphatic rings. The van der Waals surface area contributed by atoms with Gasteiger partial charge in [0.05, 0.1) is 35.3 Å². The van der Waals surface area contributed by atoms with Crippen LogP contribution >= 0.6 is 11.8 Å². The summed E-state index contributed by atoms with van der Waals surface area (Å²) < 4.78 is 23.5. The Hall–Kier alpha value is -2.12. The van der Waals surface area contributed by atoms with Gasteiger partial charge < -0.3 is 14.4 Å². The zero-order valence-corrected chi connectivity index (χ0v) is 14.6. The average molecular weight is 363 g/mol. The second kappa shape index (κ2) is 7.84. The highest BCUT2D eigenvalue weighted by atomic mass is 32.2. The maximum absolute atomic E-state index is 13.3. The smallest absolute Gasteiger partial charge is 0.332 e. The van der Waals surface area contributed by atoms with Crippen molar-refractivity contribution in [2.75, 3.05) is 32.9 Å². The lowest BCUT2D eigenvalue weighted by Crippen LogP contribution is -2.34. The fraction of sp³-hybridized carbons (Fsp3) is 0.333. The van der Waals surface area contributed by atoms with Crippen LogP contribution in [0, 0.1) is 5.82 Å². The number of esters is 1. The minimum atomic E-state index is -0.542. The van der Waals surface area contributed by atoms with Gasteiger partial charge in [-0.15, -0.1) is 0 Å². The van der Waals surface area contributed by atoms with Gasteiger partial charge in [-0.05, 0) is 24.6 Å². The molecular weight excluding hydrogens is 345 g/mol. The van der Waals surface area contributed by atoms with E-state index in [1.54, 1.807) is 19.1 Å². The lowest BCUT2D eigenvalue weighted by atomic mass is 10.0. The van der Waals surface area contributed by atoms with E-state index in [9.17, 15) is 14.0 Å². The SMILES string of the molecule is CCOC(=O)C=C1SC(N2CCOCC2)=C(c2ccc(F)cc2)C1=O. The number of halogens is 1. The van der Waals surface area contributed by atoms with Crippen LogP contribution < -0.4 is 0 Å². The molecule has 0 spiro atoms. The minimum Gasteiger partial charge on any atom is -0.463 e. The molecule has 0 bridgehead atoms. The third-order valence-electron chi connectivity index (χ3n) is 3.84. The van der Waals surface area contributed by atoms with Gasteiger partial charge in [0.1, 0.15) is 5.82 Å². The number of nitrogens with zero attached hydrogens (tertiary/aromatic N) is 1. The summed E-state index contributed by atoms with van der Waals surface area (Å²) in [4.78, 5) is 27.0. The summed E-state index contributed by atoms with van der Waals surface area (Å²) in [5, 5.41) is 0.774. The van der Waals surface area contributed by atoms with Gasteiger partial charge in [-0.1, -0.05) is 23.9 Å². The van der Waals surface area contributed by atoms with Gasteiger partial charge in [-0.3, -0.25) is 4.79 Å². The van der Waals surface area contributed by atoms with Crippen LogP contribution in [0.1, 0.15) is 12.5 Å². The van der Waals surface area contributed by atoms with Crippen molar-refractivity contribution in [3.05, 3.63) is 51.7 Å². The van der Waals surface area contributed by atoms with Crippen molar-refractivity contribution in [3.63, 3.8) is 0 Å². The summed E-state index contributed by atoms with van der Waals surface area (Å²) in [6.45, 7) is 4.43. The summed E-state index contributed by atoms with van der Waals surface area (Å²) >= 11 is 1.25. The molecule has 0 radical (unpaired) electrons. The molecule has 5 nitrogen and oxygen atoms in total. The first-order chi connectivity index (χ1) is 12.1. The summed E-state index contributed by atoms with van der Waals surface area (Å²) in [5.41, 5.74) is 1.12. The average Bonchev–Trinajstić information content (AvgIpc) is 2.93. The Labute approximate surface area is 149 Å². The quantitative estimate of drug-likeness (QED) is 0.605. The molecule has 3 rings (SSSR count). The number of thioether (sulfide) groups is 1. The molecule has 0 amide bonds. The van der Waals surface area contributed by atoms with E-state index in [0.29, 0.717) is 42.3 Å². The molecule has 132 valence electrons. The van der Waals surface area contributed by atoms with Gasteiger partial charge in [0.2, 0.25) is 5.78 Å². The largest absolute Gasteiger partial charge is 0.463 e. The predicted octanol–water partition coefficient (Wildman–Crippen LogP) is 2.59. The van der Waals surface area contributed by atoms with E-state index < -0.39 is 5.97 Å². The predicted molar refractivity (Wildman–Crippen MR) is 93.0 cm³/mol. The number of hydrogen-bond acceptors (Lipinski definition) is 6. The van der Waals surface area contributed by atoms with Crippen molar-refractivity contribution in [1.82, 2.24) is 4.90 Å². The summed E-state index contributed by atoms with van der Waals surface area (Å²) in [7, 11) is 0. The van der Waals surface area contributed by atoms with E-state index in [4.69, 9.17) is 9.47 Å². The van der Waals surface area contributed by atoms with Crippen molar-refractivity contribution < 1.29 is 23.5 Å².